The highest BCUT2D eigenvalue weighted by Crippen LogP contribution is 2.20. The molecule has 0 saturated heterocycles. The molecule has 0 bridgehead atoms. The van der Waals surface area contributed by atoms with Crippen LogP contribution >= 0.6 is 0 Å². The van der Waals surface area contributed by atoms with Gasteiger partial charge in [0.15, 0.2) is 6.10 Å². The fourth-order valence-electron chi connectivity index (χ4n) is 3.92. The van der Waals surface area contributed by atoms with Crippen LogP contribution in [0.5, 0.6) is 5.75 Å². The Kier molecular flexibility index (Phi) is 8.82. The summed E-state index contributed by atoms with van der Waals surface area (Å²) < 4.78 is 49.5. The average Bonchev–Trinajstić information content (AvgIpc) is 3.32. The van der Waals surface area contributed by atoms with Gasteiger partial charge in [0.2, 0.25) is 0 Å². The second kappa shape index (κ2) is 12.4. The van der Waals surface area contributed by atoms with Gasteiger partial charge < -0.3 is 24.0 Å². The Morgan fingerprint density at radius 1 is 1.05 bits per heavy atom. The molecule has 0 aliphatic heterocycles. The number of carboxylic acid groups (broad SMARTS) is 1. The molecule has 1 N–H and O–H groups in total. The minimum atomic E-state index is -4.60. The van der Waals surface area contributed by atoms with Crippen LogP contribution in [0, 0.1) is 0 Å². The highest BCUT2D eigenvalue weighted by molar-refractivity contribution is 6.12. The molecular formula is C28H26F3N3O5. The molecule has 11 heteroatoms. The number of carbonyl (C=O) groups is 1. The molecule has 0 aliphatic carbocycles. The topological polar surface area (TPSA) is 95.2 Å². The number of nitrogens with zero attached hydrogens (tertiary/aromatic N) is 3. The number of hydrogen-bond acceptors (Lipinski definition) is 6. The van der Waals surface area contributed by atoms with Gasteiger partial charge in [0, 0.05) is 23.6 Å². The summed E-state index contributed by atoms with van der Waals surface area (Å²) in [5.41, 5.74) is 3.41. The molecule has 1 unspecified atom stereocenters. The van der Waals surface area contributed by atoms with Gasteiger partial charge in [-0.05, 0) is 35.9 Å². The Labute approximate surface area is 222 Å². The van der Waals surface area contributed by atoms with Crippen molar-refractivity contribution in [2.24, 2.45) is 5.16 Å². The van der Waals surface area contributed by atoms with Gasteiger partial charge in [-0.1, -0.05) is 47.6 Å². The van der Waals surface area contributed by atoms with Crippen LogP contribution in [0.15, 0.2) is 84.1 Å². The van der Waals surface area contributed by atoms with Crippen LogP contribution in [0.3, 0.4) is 0 Å². The molecule has 2 aromatic carbocycles. The molecule has 4 aromatic rings. The van der Waals surface area contributed by atoms with Gasteiger partial charge in [-0.25, -0.2) is 9.78 Å². The zero-order valence-corrected chi connectivity index (χ0v) is 21.0. The second-order valence-electron chi connectivity index (χ2n) is 8.56. The van der Waals surface area contributed by atoms with Crippen molar-refractivity contribution in [1.29, 1.82) is 0 Å². The van der Waals surface area contributed by atoms with Crippen molar-refractivity contribution in [1.82, 2.24) is 9.55 Å². The molecule has 204 valence electrons. The van der Waals surface area contributed by atoms with Gasteiger partial charge in [-0.2, -0.15) is 13.2 Å². The Hall–Kier alpha value is -4.38. The van der Waals surface area contributed by atoms with Gasteiger partial charge in [0.05, 0.1) is 12.2 Å². The average molecular weight is 542 g/mol. The first kappa shape index (κ1) is 27.6. The van der Waals surface area contributed by atoms with Crippen LogP contribution in [-0.2, 0) is 27.3 Å². The van der Waals surface area contributed by atoms with Gasteiger partial charge in [-0.3, -0.25) is 0 Å². The van der Waals surface area contributed by atoms with Gasteiger partial charge in [0.25, 0.3) is 0 Å². The number of halogens is 3. The van der Waals surface area contributed by atoms with Crippen LogP contribution < -0.4 is 4.74 Å². The van der Waals surface area contributed by atoms with E-state index in [0.717, 1.165) is 16.6 Å². The Morgan fingerprint density at radius 3 is 2.46 bits per heavy atom. The lowest BCUT2D eigenvalue weighted by molar-refractivity contribution is -0.192. The lowest BCUT2D eigenvalue weighted by Gasteiger charge is -2.15. The number of fused-ring (bicyclic) bond motifs is 1. The Bertz CT molecular complexity index is 1420. The third kappa shape index (κ3) is 7.57. The van der Waals surface area contributed by atoms with E-state index < -0.39 is 24.9 Å². The summed E-state index contributed by atoms with van der Waals surface area (Å²) in [6.07, 6.45) is -4.49. The maximum absolute atomic E-state index is 12.4. The quantitative estimate of drug-likeness (QED) is 0.198. The van der Waals surface area contributed by atoms with Crippen LogP contribution in [-0.4, -0.2) is 58.9 Å². The zero-order chi connectivity index (χ0) is 27.8. The lowest BCUT2D eigenvalue weighted by Crippen LogP contribution is -2.31. The standard InChI is InChI=1S/C28H26F3N3O5/c1-37-33-25(20-5-3-2-4-6-20)23-12-9-21-13-14-34(26(21)32-23)15-16-38-22-10-7-19(8-11-22)17-24(27(35)36)39-18-28(29,30)31/h2-14,24H,15-18H2,1H3,(H,35,36). The Morgan fingerprint density at radius 2 is 1.79 bits per heavy atom. The number of ether oxygens (including phenoxy) is 2. The number of alkyl halides is 3. The van der Waals surface area contributed by atoms with Crippen molar-refractivity contribution in [2.45, 2.75) is 25.2 Å². The summed E-state index contributed by atoms with van der Waals surface area (Å²) in [7, 11) is 1.49. The maximum Gasteiger partial charge on any atom is 0.411 e. The minimum Gasteiger partial charge on any atom is -0.492 e. The molecule has 8 nitrogen and oxygen atoms in total. The molecule has 0 fully saturated rings. The van der Waals surface area contributed by atoms with E-state index in [1.165, 1.54) is 7.11 Å². The normalized spacial score (nSPS) is 12.9. The third-order valence-electron chi connectivity index (χ3n) is 5.75. The first-order valence-electron chi connectivity index (χ1n) is 12.0. The molecule has 0 radical (unpaired) electrons. The van der Waals surface area contributed by atoms with E-state index in [1.807, 2.05) is 59.3 Å². The monoisotopic (exact) mass is 541 g/mol. The SMILES string of the molecule is CON=C(c1ccccc1)c1ccc2ccn(CCOc3ccc(CC(OCC(F)(F)F)C(=O)O)cc3)c2n1. The molecule has 1 atom stereocenters. The van der Waals surface area contributed by atoms with Gasteiger partial charge >= 0.3 is 12.1 Å². The van der Waals surface area contributed by atoms with Crippen LogP contribution in [0.1, 0.15) is 16.8 Å². The summed E-state index contributed by atoms with van der Waals surface area (Å²) in [6.45, 7) is -0.808. The summed E-state index contributed by atoms with van der Waals surface area (Å²) >= 11 is 0. The highest BCUT2D eigenvalue weighted by atomic mass is 19.4. The van der Waals surface area contributed by atoms with E-state index >= 15 is 0 Å². The van der Waals surface area contributed by atoms with Crippen molar-refractivity contribution in [3.63, 3.8) is 0 Å². The maximum atomic E-state index is 12.4. The molecule has 39 heavy (non-hydrogen) atoms. The van der Waals surface area contributed by atoms with Crippen LogP contribution in [0.25, 0.3) is 11.0 Å². The van der Waals surface area contributed by atoms with Gasteiger partial charge in [0.1, 0.15) is 37.4 Å². The number of pyridine rings is 1. The smallest absolute Gasteiger partial charge is 0.411 e. The number of oxime groups is 1. The predicted molar refractivity (Wildman–Crippen MR) is 138 cm³/mol. The molecule has 0 spiro atoms. The van der Waals surface area contributed by atoms with Crippen LogP contribution in [0.4, 0.5) is 13.2 Å². The summed E-state index contributed by atoms with van der Waals surface area (Å²) in [5.74, 6) is -0.926. The summed E-state index contributed by atoms with van der Waals surface area (Å²) in [4.78, 5) is 21.1. The largest absolute Gasteiger partial charge is 0.492 e. The summed E-state index contributed by atoms with van der Waals surface area (Å²) in [5, 5.41) is 14.3. The van der Waals surface area contributed by atoms with E-state index in [2.05, 4.69) is 9.89 Å². The first-order chi connectivity index (χ1) is 18.7. The van der Waals surface area contributed by atoms with Crippen LogP contribution in [0.2, 0.25) is 0 Å². The number of rotatable bonds is 12. The van der Waals surface area contributed by atoms with E-state index in [0.29, 0.717) is 35.9 Å². The molecule has 0 saturated carbocycles. The predicted octanol–water partition coefficient (Wildman–Crippen LogP) is 5.09. The van der Waals surface area contributed by atoms with E-state index in [1.54, 1.807) is 24.3 Å². The lowest BCUT2D eigenvalue weighted by atomic mass is 10.1. The molecule has 4 rings (SSSR count). The van der Waals surface area contributed by atoms with E-state index in [4.69, 9.17) is 19.7 Å². The number of hydrogen-bond donors (Lipinski definition) is 1. The zero-order valence-electron chi connectivity index (χ0n) is 21.0. The second-order valence-corrected chi connectivity index (χ2v) is 8.56. The summed E-state index contributed by atoms with van der Waals surface area (Å²) in [6, 6.07) is 21.9. The fraction of sp³-hybridized carbons (Fsp3) is 0.250. The van der Waals surface area contributed by atoms with E-state index in [9.17, 15) is 18.0 Å². The third-order valence-corrected chi connectivity index (χ3v) is 5.75. The number of aliphatic carboxylic acids is 1. The number of benzene rings is 2. The highest BCUT2D eigenvalue weighted by Gasteiger charge is 2.31. The van der Waals surface area contributed by atoms with Crippen molar-refractivity contribution >= 4 is 22.7 Å². The molecule has 2 heterocycles. The van der Waals surface area contributed by atoms with Crippen molar-refractivity contribution in [2.75, 3.05) is 20.3 Å². The molecule has 0 aliphatic rings. The van der Waals surface area contributed by atoms with Gasteiger partial charge in [-0.15, -0.1) is 0 Å². The Balaban J connectivity index is 1.39. The minimum absolute atomic E-state index is 0.202. The van der Waals surface area contributed by atoms with Crippen molar-refractivity contribution < 1.29 is 37.4 Å². The number of aromatic nitrogens is 2. The number of carboxylic acids is 1. The van der Waals surface area contributed by atoms with E-state index in [-0.39, 0.29) is 6.42 Å². The van der Waals surface area contributed by atoms with Crippen molar-refractivity contribution in [3.05, 3.63) is 95.8 Å². The fourth-order valence-corrected chi connectivity index (χ4v) is 3.92. The molecule has 2 aromatic heterocycles. The van der Waals surface area contributed by atoms with Crippen molar-refractivity contribution in [3.8, 4) is 5.75 Å². The molecule has 0 amide bonds. The molecular weight excluding hydrogens is 515 g/mol. The first-order valence-corrected chi connectivity index (χ1v) is 12.0.